The summed E-state index contributed by atoms with van der Waals surface area (Å²) < 4.78 is 5.77. The monoisotopic (exact) mass is 553 g/mol. The standard InChI is InChI=1S/C23H35N7O.HI/c1-3-24-22(26-13-19-31-21-8-6-20(2)7-9-21)25-12-5-14-29-15-17-30(18-16-29)23-27-10-4-11-28-23;/h4,6-11H,3,5,12-19H2,1-2H3,(H2,24,25,26);1H. The highest BCUT2D eigenvalue weighted by atomic mass is 127. The number of ether oxygens (including phenoxy) is 1. The molecule has 1 fully saturated rings. The Morgan fingerprint density at radius 1 is 1.06 bits per heavy atom. The predicted molar refractivity (Wildman–Crippen MR) is 141 cm³/mol. The predicted octanol–water partition coefficient (Wildman–Crippen LogP) is 2.55. The Morgan fingerprint density at radius 2 is 1.78 bits per heavy atom. The first-order chi connectivity index (χ1) is 15.2. The van der Waals surface area contributed by atoms with Gasteiger partial charge in [0.05, 0.1) is 6.54 Å². The first-order valence-electron chi connectivity index (χ1n) is 11.2. The highest BCUT2D eigenvalue weighted by molar-refractivity contribution is 14.0. The Balaban J connectivity index is 0.00000363. The quantitative estimate of drug-likeness (QED) is 0.203. The van der Waals surface area contributed by atoms with E-state index in [4.69, 9.17) is 9.73 Å². The molecular formula is C23H36IN7O. The molecule has 9 heteroatoms. The highest BCUT2D eigenvalue weighted by Crippen LogP contribution is 2.11. The summed E-state index contributed by atoms with van der Waals surface area (Å²) in [7, 11) is 0. The average Bonchev–Trinajstić information content (AvgIpc) is 2.81. The molecule has 0 saturated carbocycles. The smallest absolute Gasteiger partial charge is 0.225 e. The van der Waals surface area contributed by atoms with Crippen LogP contribution in [-0.4, -0.2) is 79.8 Å². The van der Waals surface area contributed by atoms with Crippen molar-refractivity contribution in [2.45, 2.75) is 20.3 Å². The Kier molecular flexibility index (Phi) is 12.1. The van der Waals surface area contributed by atoms with Crippen molar-refractivity contribution in [3.05, 3.63) is 48.3 Å². The molecule has 1 aliphatic rings. The topological polar surface area (TPSA) is 77.9 Å². The summed E-state index contributed by atoms with van der Waals surface area (Å²) in [5.74, 6) is 2.58. The van der Waals surface area contributed by atoms with Crippen molar-refractivity contribution in [2.75, 3.05) is 63.9 Å². The zero-order valence-electron chi connectivity index (χ0n) is 19.2. The third kappa shape index (κ3) is 9.15. The van der Waals surface area contributed by atoms with E-state index >= 15 is 0 Å². The van der Waals surface area contributed by atoms with Gasteiger partial charge in [0.2, 0.25) is 5.95 Å². The van der Waals surface area contributed by atoms with E-state index in [2.05, 4.69) is 56.4 Å². The molecule has 0 spiro atoms. The molecule has 8 nitrogen and oxygen atoms in total. The number of aromatic nitrogens is 2. The lowest BCUT2D eigenvalue weighted by Gasteiger charge is -2.34. The number of hydrogen-bond donors (Lipinski definition) is 2. The van der Waals surface area contributed by atoms with E-state index in [1.54, 1.807) is 12.4 Å². The van der Waals surface area contributed by atoms with E-state index in [9.17, 15) is 0 Å². The van der Waals surface area contributed by atoms with Gasteiger partial charge in [-0.25, -0.2) is 9.97 Å². The molecule has 2 N–H and O–H groups in total. The van der Waals surface area contributed by atoms with Crippen LogP contribution in [-0.2, 0) is 0 Å². The molecule has 0 atom stereocenters. The number of rotatable bonds is 10. The summed E-state index contributed by atoms with van der Waals surface area (Å²) >= 11 is 0. The fourth-order valence-electron chi connectivity index (χ4n) is 3.43. The van der Waals surface area contributed by atoms with Crippen LogP contribution in [0.15, 0.2) is 47.7 Å². The van der Waals surface area contributed by atoms with Gasteiger partial charge < -0.3 is 20.3 Å². The van der Waals surface area contributed by atoms with Crippen LogP contribution in [0.25, 0.3) is 0 Å². The molecule has 0 aliphatic carbocycles. The first-order valence-corrected chi connectivity index (χ1v) is 11.2. The molecule has 1 aromatic carbocycles. The molecule has 0 amide bonds. The van der Waals surface area contributed by atoms with Crippen LogP contribution in [0.3, 0.4) is 0 Å². The second-order valence-electron chi connectivity index (χ2n) is 7.58. The van der Waals surface area contributed by atoms with Gasteiger partial charge in [0.25, 0.3) is 0 Å². The Labute approximate surface area is 208 Å². The zero-order valence-corrected chi connectivity index (χ0v) is 21.5. The molecule has 3 rings (SSSR count). The molecule has 1 aromatic heterocycles. The van der Waals surface area contributed by atoms with Crippen molar-refractivity contribution >= 4 is 35.9 Å². The number of anilines is 1. The number of nitrogens with zero attached hydrogens (tertiary/aromatic N) is 5. The molecule has 0 bridgehead atoms. The number of aryl methyl sites for hydroxylation is 1. The first kappa shape index (κ1) is 26.1. The summed E-state index contributed by atoms with van der Waals surface area (Å²) in [5, 5.41) is 6.64. The Hall–Kier alpha value is -2.14. The summed E-state index contributed by atoms with van der Waals surface area (Å²) in [6, 6.07) is 9.98. The number of guanidine groups is 1. The third-order valence-corrected chi connectivity index (χ3v) is 5.14. The van der Waals surface area contributed by atoms with E-state index < -0.39 is 0 Å². The lowest BCUT2D eigenvalue weighted by molar-refractivity contribution is 0.255. The van der Waals surface area contributed by atoms with Crippen molar-refractivity contribution in [1.82, 2.24) is 25.5 Å². The molecule has 1 aliphatic heterocycles. The number of hydrogen-bond acceptors (Lipinski definition) is 6. The highest BCUT2D eigenvalue weighted by Gasteiger charge is 2.18. The van der Waals surface area contributed by atoms with Gasteiger partial charge in [0.15, 0.2) is 5.96 Å². The molecule has 32 heavy (non-hydrogen) atoms. The van der Waals surface area contributed by atoms with Crippen LogP contribution < -0.4 is 20.3 Å². The molecule has 176 valence electrons. The van der Waals surface area contributed by atoms with E-state index in [1.165, 1.54) is 5.56 Å². The maximum Gasteiger partial charge on any atom is 0.225 e. The number of benzene rings is 1. The second kappa shape index (κ2) is 14.8. The van der Waals surface area contributed by atoms with Crippen molar-refractivity contribution in [3.63, 3.8) is 0 Å². The number of piperazine rings is 1. The van der Waals surface area contributed by atoms with Gasteiger partial charge in [-0.2, -0.15) is 0 Å². The van der Waals surface area contributed by atoms with Crippen LogP contribution in [0.2, 0.25) is 0 Å². The summed E-state index contributed by atoms with van der Waals surface area (Å²) in [6.45, 7) is 12.2. The Morgan fingerprint density at radius 3 is 2.47 bits per heavy atom. The van der Waals surface area contributed by atoms with E-state index in [0.717, 1.165) is 69.9 Å². The lowest BCUT2D eigenvalue weighted by atomic mass is 10.2. The fraction of sp³-hybridized carbons (Fsp3) is 0.522. The van der Waals surface area contributed by atoms with Gasteiger partial charge in [0, 0.05) is 58.2 Å². The minimum atomic E-state index is 0. The molecule has 0 unspecified atom stereocenters. The number of aliphatic imine (C=N–C) groups is 1. The van der Waals surface area contributed by atoms with Crippen molar-refractivity contribution in [3.8, 4) is 5.75 Å². The Bertz CT molecular complexity index is 781. The van der Waals surface area contributed by atoms with Gasteiger partial charge in [-0.3, -0.25) is 9.89 Å². The number of halogens is 1. The molecule has 2 aromatic rings. The number of nitrogens with one attached hydrogen (secondary N) is 2. The minimum absolute atomic E-state index is 0. The van der Waals surface area contributed by atoms with Crippen LogP contribution in [0.5, 0.6) is 5.75 Å². The van der Waals surface area contributed by atoms with E-state index in [-0.39, 0.29) is 24.0 Å². The summed E-state index contributed by atoms with van der Waals surface area (Å²) in [6.07, 6.45) is 4.65. The molecule has 2 heterocycles. The average molecular weight is 553 g/mol. The summed E-state index contributed by atoms with van der Waals surface area (Å²) in [4.78, 5) is 18.1. The van der Waals surface area contributed by atoms with E-state index in [1.807, 2.05) is 18.2 Å². The maximum atomic E-state index is 5.77. The lowest BCUT2D eigenvalue weighted by Crippen LogP contribution is -2.47. The van der Waals surface area contributed by atoms with Gasteiger partial charge in [-0.15, -0.1) is 24.0 Å². The van der Waals surface area contributed by atoms with Crippen LogP contribution in [0, 0.1) is 6.92 Å². The van der Waals surface area contributed by atoms with Gasteiger partial charge in [0.1, 0.15) is 12.4 Å². The summed E-state index contributed by atoms with van der Waals surface area (Å²) in [5.41, 5.74) is 1.24. The molecule has 1 saturated heterocycles. The van der Waals surface area contributed by atoms with E-state index in [0.29, 0.717) is 13.2 Å². The van der Waals surface area contributed by atoms with Gasteiger partial charge in [-0.05, 0) is 38.5 Å². The second-order valence-corrected chi connectivity index (χ2v) is 7.58. The molecule has 0 radical (unpaired) electrons. The molecular weight excluding hydrogens is 517 g/mol. The SMILES string of the molecule is CCNC(=NCCCN1CCN(c2ncccn2)CC1)NCCOc1ccc(C)cc1.I. The zero-order chi connectivity index (χ0) is 21.7. The third-order valence-electron chi connectivity index (χ3n) is 5.14. The van der Waals surface area contributed by atoms with Crippen LogP contribution in [0.4, 0.5) is 5.95 Å². The van der Waals surface area contributed by atoms with Crippen LogP contribution >= 0.6 is 24.0 Å². The maximum absolute atomic E-state index is 5.77. The van der Waals surface area contributed by atoms with Gasteiger partial charge in [-0.1, -0.05) is 17.7 Å². The van der Waals surface area contributed by atoms with Crippen molar-refractivity contribution in [1.29, 1.82) is 0 Å². The fourth-order valence-corrected chi connectivity index (χ4v) is 3.43. The minimum Gasteiger partial charge on any atom is -0.492 e. The van der Waals surface area contributed by atoms with Crippen molar-refractivity contribution in [2.24, 2.45) is 4.99 Å². The van der Waals surface area contributed by atoms with Crippen LogP contribution in [0.1, 0.15) is 18.9 Å². The largest absolute Gasteiger partial charge is 0.492 e. The van der Waals surface area contributed by atoms with Gasteiger partial charge >= 0.3 is 0 Å². The van der Waals surface area contributed by atoms with Crippen molar-refractivity contribution < 1.29 is 4.74 Å². The normalized spacial score (nSPS) is 14.6.